The van der Waals surface area contributed by atoms with Crippen LogP contribution in [-0.4, -0.2) is 28.2 Å². The first-order valence-electron chi connectivity index (χ1n) is 5.64. The lowest BCUT2D eigenvalue weighted by atomic mass is 9.94. The molecule has 0 amide bonds. The number of rotatable bonds is 2. The van der Waals surface area contributed by atoms with Crippen LogP contribution in [-0.2, 0) is 4.74 Å². The lowest BCUT2D eigenvalue weighted by Gasteiger charge is -2.36. The van der Waals surface area contributed by atoms with E-state index in [4.69, 9.17) is 22.1 Å². The molecule has 2 rings (SSSR count). The topological polar surface area (TPSA) is 73.1 Å². The Kier molecular flexibility index (Phi) is 3.40. The Bertz CT molecular complexity index is 410. The average molecular weight is 257 g/mol. The molecule has 1 aromatic rings. The number of nitrogens with two attached hydrogens (primary N) is 1. The Labute approximate surface area is 106 Å². The van der Waals surface area contributed by atoms with Gasteiger partial charge in [0.05, 0.1) is 5.60 Å². The minimum absolute atomic E-state index is 0.110. The van der Waals surface area contributed by atoms with E-state index < -0.39 is 0 Å². The number of hydrogen-bond acceptors (Lipinski definition) is 5. The van der Waals surface area contributed by atoms with E-state index in [1.807, 2.05) is 0 Å². The number of ether oxygens (including phenoxy) is 1. The molecule has 2 heterocycles. The smallest absolute Gasteiger partial charge is 0.150 e. The molecule has 1 unspecified atom stereocenters. The van der Waals surface area contributed by atoms with Gasteiger partial charge in [-0.05, 0) is 26.7 Å². The van der Waals surface area contributed by atoms with Gasteiger partial charge in [0, 0.05) is 12.6 Å². The molecule has 0 aliphatic carbocycles. The summed E-state index contributed by atoms with van der Waals surface area (Å²) in [6.07, 6.45) is 3.25. The molecule has 1 aliphatic heterocycles. The van der Waals surface area contributed by atoms with Crippen LogP contribution in [0, 0.1) is 0 Å². The molecule has 0 spiro atoms. The molecule has 17 heavy (non-hydrogen) atoms. The lowest BCUT2D eigenvalue weighted by Crippen LogP contribution is -2.40. The molecule has 0 bridgehead atoms. The zero-order valence-corrected chi connectivity index (χ0v) is 10.8. The number of nitrogens with zero attached hydrogens (tertiary/aromatic N) is 2. The van der Waals surface area contributed by atoms with Crippen molar-refractivity contribution in [2.24, 2.45) is 0 Å². The number of nitrogens with one attached hydrogen (secondary N) is 1. The predicted molar refractivity (Wildman–Crippen MR) is 68.1 cm³/mol. The summed E-state index contributed by atoms with van der Waals surface area (Å²) in [5.41, 5.74) is 5.52. The third-order valence-corrected chi connectivity index (χ3v) is 3.23. The summed E-state index contributed by atoms with van der Waals surface area (Å²) in [7, 11) is 0. The number of nitrogen functional groups attached to an aromatic ring is 1. The first-order chi connectivity index (χ1) is 7.98. The Morgan fingerprint density at radius 1 is 1.53 bits per heavy atom. The molecular formula is C11H17ClN4O. The summed E-state index contributed by atoms with van der Waals surface area (Å²) < 4.78 is 5.66. The maximum atomic E-state index is 6.04. The number of anilines is 2. The Hall–Kier alpha value is -1.07. The van der Waals surface area contributed by atoms with Crippen molar-refractivity contribution in [3.63, 3.8) is 0 Å². The van der Waals surface area contributed by atoms with Gasteiger partial charge in [0.25, 0.3) is 0 Å². The normalized spacial score (nSPS) is 23.4. The van der Waals surface area contributed by atoms with Gasteiger partial charge >= 0.3 is 0 Å². The van der Waals surface area contributed by atoms with Gasteiger partial charge in [0.1, 0.15) is 17.2 Å². The Morgan fingerprint density at radius 2 is 2.29 bits per heavy atom. The summed E-state index contributed by atoms with van der Waals surface area (Å²) in [5.74, 6) is 0.900. The minimum atomic E-state index is -0.110. The summed E-state index contributed by atoms with van der Waals surface area (Å²) in [4.78, 5) is 7.94. The third kappa shape index (κ3) is 2.98. The summed E-state index contributed by atoms with van der Waals surface area (Å²) in [6, 6.07) is 0.297. The Balaban J connectivity index is 2.08. The summed E-state index contributed by atoms with van der Waals surface area (Å²) >= 11 is 6.04. The zero-order valence-electron chi connectivity index (χ0n) is 10.0. The fourth-order valence-corrected chi connectivity index (χ4v) is 2.18. The summed E-state index contributed by atoms with van der Waals surface area (Å²) in [6.45, 7) is 4.90. The van der Waals surface area contributed by atoms with Gasteiger partial charge < -0.3 is 15.8 Å². The van der Waals surface area contributed by atoms with Crippen LogP contribution < -0.4 is 11.1 Å². The first-order valence-corrected chi connectivity index (χ1v) is 6.02. The van der Waals surface area contributed by atoms with Crippen LogP contribution in [0.5, 0.6) is 0 Å². The van der Waals surface area contributed by atoms with Gasteiger partial charge in [-0.2, -0.15) is 0 Å². The van der Waals surface area contributed by atoms with Crippen molar-refractivity contribution >= 4 is 23.2 Å². The van der Waals surface area contributed by atoms with Crippen molar-refractivity contribution in [2.75, 3.05) is 17.7 Å². The summed E-state index contributed by atoms with van der Waals surface area (Å²) in [5, 5.41) is 3.69. The highest BCUT2D eigenvalue weighted by molar-refractivity contribution is 6.35. The van der Waals surface area contributed by atoms with Crippen LogP contribution in [0.4, 0.5) is 11.6 Å². The monoisotopic (exact) mass is 256 g/mol. The second-order valence-electron chi connectivity index (χ2n) is 4.86. The highest BCUT2D eigenvalue weighted by Crippen LogP contribution is 2.29. The van der Waals surface area contributed by atoms with Gasteiger partial charge in [0.2, 0.25) is 0 Å². The van der Waals surface area contributed by atoms with Crippen LogP contribution in [0.25, 0.3) is 0 Å². The van der Waals surface area contributed by atoms with Gasteiger partial charge in [0.15, 0.2) is 5.82 Å². The maximum Gasteiger partial charge on any atom is 0.150 e. The van der Waals surface area contributed by atoms with Gasteiger partial charge in [-0.15, -0.1) is 0 Å². The van der Waals surface area contributed by atoms with Crippen molar-refractivity contribution in [3.05, 3.63) is 11.3 Å². The van der Waals surface area contributed by atoms with Crippen molar-refractivity contribution in [1.82, 2.24) is 9.97 Å². The molecule has 1 aromatic heterocycles. The van der Waals surface area contributed by atoms with Crippen molar-refractivity contribution in [1.29, 1.82) is 0 Å². The van der Waals surface area contributed by atoms with E-state index in [0.29, 0.717) is 22.7 Å². The van der Waals surface area contributed by atoms with Gasteiger partial charge in [-0.1, -0.05) is 11.6 Å². The molecule has 94 valence electrons. The molecule has 1 saturated heterocycles. The molecule has 0 saturated carbocycles. The van der Waals surface area contributed by atoms with Crippen LogP contribution in [0.15, 0.2) is 6.33 Å². The predicted octanol–water partition coefficient (Wildman–Crippen LogP) is 2.08. The van der Waals surface area contributed by atoms with Crippen LogP contribution in [0.3, 0.4) is 0 Å². The average Bonchev–Trinajstić information content (AvgIpc) is 2.23. The van der Waals surface area contributed by atoms with E-state index in [2.05, 4.69) is 29.1 Å². The standard InChI is InChI=1S/C11H17ClN4O/c1-11(2)5-7(3-4-17-11)16-10-8(12)9(13)14-6-15-10/h6-7H,3-5H2,1-2H3,(H3,13,14,15,16). The fraction of sp³-hybridized carbons (Fsp3) is 0.636. The van der Waals surface area contributed by atoms with E-state index in [9.17, 15) is 0 Å². The van der Waals surface area contributed by atoms with E-state index in [0.717, 1.165) is 19.4 Å². The molecule has 1 fully saturated rings. The molecule has 3 N–H and O–H groups in total. The van der Waals surface area contributed by atoms with E-state index in [1.165, 1.54) is 6.33 Å². The highest BCUT2D eigenvalue weighted by Gasteiger charge is 2.29. The van der Waals surface area contributed by atoms with Crippen LogP contribution in [0.1, 0.15) is 26.7 Å². The second-order valence-corrected chi connectivity index (χ2v) is 5.24. The molecule has 1 atom stereocenters. The molecule has 5 nitrogen and oxygen atoms in total. The SMILES string of the molecule is CC1(C)CC(Nc2ncnc(N)c2Cl)CCO1. The van der Waals surface area contributed by atoms with Crippen LogP contribution >= 0.6 is 11.6 Å². The number of aromatic nitrogens is 2. The number of halogens is 1. The fourth-order valence-electron chi connectivity index (χ4n) is 2.03. The molecule has 0 aromatic carbocycles. The van der Waals surface area contributed by atoms with Crippen molar-refractivity contribution < 1.29 is 4.74 Å². The molecule has 1 aliphatic rings. The first kappa shape index (κ1) is 12.4. The quantitative estimate of drug-likeness (QED) is 0.848. The zero-order chi connectivity index (χ0) is 12.5. The van der Waals surface area contributed by atoms with E-state index >= 15 is 0 Å². The largest absolute Gasteiger partial charge is 0.382 e. The molecular weight excluding hydrogens is 240 g/mol. The van der Waals surface area contributed by atoms with Gasteiger partial charge in [-0.25, -0.2) is 9.97 Å². The van der Waals surface area contributed by atoms with Gasteiger partial charge in [-0.3, -0.25) is 0 Å². The maximum absolute atomic E-state index is 6.04. The van der Waals surface area contributed by atoms with Crippen LogP contribution in [0.2, 0.25) is 5.02 Å². The van der Waals surface area contributed by atoms with Crippen molar-refractivity contribution in [3.8, 4) is 0 Å². The highest BCUT2D eigenvalue weighted by atomic mass is 35.5. The molecule has 6 heteroatoms. The van der Waals surface area contributed by atoms with Crippen molar-refractivity contribution in [2.45, 2.75) is 38.3 Å². The Morgan fingerprint density at radius 3 is 3.00 bits per heavy atom. The van der Waals surface area contributed by atoms with E-state index in [-0.39, 0.29) is 5.60 Å². The minimum Gasteiger partial charge on any atom is -0.382 e. The second kappa shape index (κ2) is 4.66. The lowest BCUT2D eigenvalue weighted by molar-refractivity contribution is -0.0553. The molecule has 0 radical (unpaired) electrons. The third-order valence-electron chi connectivity index (χ3n) is 2.85. The number of hydrogen-bond donors (Lipinski definition) is 2. The van der Waals surface area contributed by atoms with E-state index in [1.54, 1.807) is 0 Å².